The fourth-order valence-electron chi connectivity index (χ4n) is 4.63. The summed E-state index contributed by atoms with van der Waals surface area (Å²) in [7, 11) is 0.118. The first-order valence-corrected chi connectivity index (χ1v) is 18.6. The molecule has 0 saturated heterocycles. The van der Waals surface area contributed by atoms with Crippen LogP contribution >= 0.6 is 11.6 Å². The number of rotatable bonds is 15. The Morgan fingerprint density at radius 1 is 1.09 bits per heavy atom. The number of alkyl halides is 2. The summed E-state index contributed by atoms with van der Waals surface area (Å²) in [6, 6.07) is 12.2. The highest BCUT2D eigenvalue weighted by molar-refractivity contribution is 6.76. The van der Waals surface area contributed by atoms with E-state index in [0.29, 0.717) is 23.0 Å². The molecule has 2 aromatic carbocycles. The first kappa shape index (κ1) is 34.4. The van der Waals surface area contributed by atoms with Crippen LogP contribution in [0, 0.1) is 0 Å². The average molecular weight is 666 g/mol. The summed E-state index contributed by atoms with van der Waals surface area (Å²) >= 11 is 5.98. The van der Waals surface area contributed by atoms with Gasteiger partial charge in [0.25, 0.3) is 11.8 Å². The Morgan fingerprint density at radius 3 is 2.42 bits per heavy atom. The number of ether oxygens (including phenoxy) is 5. The van der Waals surface area contributed by atoms with Gasteiger partial charge in [-0.15, -0.1) is 0 Å². The third-order valence-electron chi connectivity index (χ3n) is 7.03. The van der Waals surface area contributed by atoms with Gasteiger partial charge in [-0.1, -0.05) is 31.2 Å². The van der Waals surface area contributed by atoms with Gasteiger partial charge in [0.1, 0.15) is 24.6 Å². The van der Waals surface area contributed by atoms with Gasteiger partial charge in [-0.2, -0.15) is 5.10 Å². The first-order valence-electron chi connectivity index (χ1n) is 14.5. The van der Waals surface area contributed by atoms with Gasteiger partial charge in [-0.05, 0) is 49.4 Å². The molecule has 0 spiro atoms. The molecule has 1 aliphatic carbocycles. The van der Waals surface area contributed by atoms with Crippen molar-refractivity contribution in [2.24, 2.45) is 0 Å². The lowest BCUT2D eigenvalue weighted by molar-refractivity contribution is -0.264. The third-order valence-corrected chi connectivity index (χ3v) is 8.99. The lowest BCUT2D eigenvalue weighted by Gasteiger charge is -2.46. The zero-order chi connectivity index (χ0) is 32.8. The number of hydrogen-bond donors (Lipinski definition) is 1. The quantitative estimate of drug-likeness (QED) is 0.0814. The number of esters is 1. The molecule has 0 bridgehead atoms. The Kier molecular flexibility index (Phi) is 10.9. The molecule has 0 radical (unpaired) electrons. The summed E-state index contributed by atoms with van der Waals surface area (Å²) in [5, 5.41) is 7.55. The van der Waals surface area contributed by atoms with Gasteiger partial charge in [0.05, 0.1) is 19.4 Å². The average Bonchev–Trinajstić information content (AvgIpc) is 3.41. The summed E-state index contributed by atoms with van der Waals surface area (Å²) in [5.74, 6) is -3.70. The van der Waals surface area contributed by atoms with E-state index >= 15 is 0 Å². The Bertz CT molecular complexity index is 1490. The minimum atomic E-state index is -2.84. The number of benzene rings is 2. The Labute approximate surface area is 266 Å². The third kappa shape index (κ3) is 9.25. The van der Waals surface area contributed by atoms with E-state index < -0.39 is 44.3 Å². The van der Waals surface area contributed by atoms with Gasteiger partial charge in [0.2, 0.25) is 0 Å². The van der Waals surface area contributed by atoms with Crippen molar-refractivity contribution in [1.82, 2.24) is 9.78 Å². The molecule has 0 aliphatic heterocycles. The van der Waals surface area contributed by atoms with Gasteiger partial charge in [0.15, 0.2) is 17.2 Å². The molecule has 1 aliphatic rings. The van der Waals surface area contributed by atoms with Crippen molar-refractivity contribution in [2.45, 2.75) is 57.0 Å². The standard InChI is InChI=1S/C31H38ClF2N3O7Si/c1-6-42-29(39)24-16-37(23-10-7-21(32)8-11-23)36-27(24)28(38)35-22-9-12-25(26(15-22)40-2)43-19-30(17-31(33,34)18-30)44-20-41-13-14-45(3,4)5/h7-12,15-16H,6,13-14,17-20H2,1-5H3,(H,35,38). The second kappa shape index (κ2) is 14.3. The minimum Gasteiger partial charge on any atom is -0.493 e. The maximum atomic E-state index is 13.9. The van der Waals surface area contributed by atoms with Crippen molar-refractivity contribution in [1.29, 1.82) is 0 Å². The predicted octanol–water partition coefficient (Wildman–Crippen LogP) is 6.84. The summed E-state index contributed by atoms with van der Waals surface area (Å²) in [4.78, 5) is 26.0. The smallest absolute Gasteiger partial charge is 0.342 e. The molecule has 244 valence electrons. The number of amides is 1. The minimum absolute atomic E-state index is 0.0247. The zero-order valence-corrected chi connectivity index (χ0v) is 27.7. The number of carbonyl (C=O) groups excluding carboxylic acids is 2. The lowest BCUT2D eigenvalue weighted by atomic mass is 9.77. The molecule has 4 rings (SSSR count). The largest absolute Gasteiger partial charge is 0.493 e. The molecular weight excluding hydrogens is 628 g/mol. The molecule has 14 heteroatoms. The van der Waals surface area contributed by atoms with Gasteiger partial charge in [-0.3, -0.25) is 4.79 Å². The van der Waals surface area contributed by atoms with E-state index in [1.807, 2.05) is 0 Å². The Balaban J connectivity index is 1.45. The zero-order valence-electron chi connectivity index (χ0n) is 26.0. The lowest BCUT2D eigenvalue weighted by Crippen LogP contribution is -2.57. The van der Waals surface area contributed by atoms with E-state index in [9.17, 15) is 18.4 Å². The van der Waals surface area contributed by atoms with Gasteiger partial charge in [-0.25, -0.2) is 18.3 Å². The van der Waals surface area contributed by atoms with Gasteiger partial charge < -0.3 is 29.0 Å². The van der Waals surface area contributed by atoms with Crippen LogP contribution in [0.5, 0.6) is 11.5 Å². The van der Waals surface area contributed by atoms with Gasteiger partial charge >= 0.3 is 5.97 Å². The fourth-order valence-corrected chi connectivity index (χ4v) is 5.51. The van der Waals surface area contributed by atoms with E-state index in [-0.39, 0.29) is 42.8 Å². The van der Waals surface area contributed by atoms with Crippen LogP contribution in [-0.4, -0.2) is 75.0 Å². The fraction of sp³-hybridized carbons (Fsp3) is 0.452. The van der Waals surface area contributed by atoms with E-state index in [4.69, 9.17) is 35.3 Å². The van der Waals surface area contributed by atoms with E-state index in [2.05, 4.69) is 30.1 Å². The van der Waals surface area contributed by atoms with Crippen molar-refractivity contribution in [3.05, 3.63) is 64.9 Å². The van der Waals surface area contributed by atoms with Crippen LogP contribution in [0.15, 0.2) is 48.7 Å². The molecule has 3 aromatic rings. The Morgan fingerprint density at radius 2 is 1.80 bits per heavy atom. The normalized spacial score (nSPS) is 15.2. The summed E-state index contributed by atoms with van der Waals surface area (Å²) in [6.07, 6.45) is 0.436. The highest BCUT2D eigenvalue weighted by Gasteiger charge is 2.58. The molecule has 1 saturated carbocycles. The summed E-state index contributed by atoms with van der Waals surface area (Å²) in [6.45, 7) is 8.69. The van der Waals surface area contributed by atoms with Crippen LogP contribution in [0.3, 0.4) is 0 Å². The molecule has 0 atom stereocenters. The number of methoxy groups -OCH3 is 1. The Hall–Kier alpha value is -3.52. The number of carbonyl (C=O) groups is 2. The van der Waals surface area contributed by atoms with Crippen LogP contribution < -0.4 is 14.8 Å². The number of nitrogens with one attached hydrogen (secondary N) is 1. The second-order valence-electron chi connectivity index (χ2n) is 12.0. The van der Waals surface area contributed by atoms with Crippen LogP contribution in [0.2, 0.25) is 30.7 Å². The van der Waals surface area contributed by atoms with Crippen LogP contribution in [0.25, 0.3) is 5.69 Å². The van der Waals surface area contributed by atoms with E-state index in [0.717, 1.165) is 6.04 Å². The molecule has 1 aromatic heterocycles. The molecule has 1 amide bonds. The molecule has 1 fully saturated rings. The molecular formula is C31H38ClF2N3O7Si. The number of hydrogen-bond acceptors (Lipinski definition) is 8. The SMILES string of the molecule is CCOC(=O)c1cn(-c2ccc(Cl)cc2)nc1C(=O)Nc1ccc(OCC2(OCOCC[Si](C)(C)C)CC(F)(F)C2)c(OC)c1. The summed E-state index contributed by atoms with van der Waals surface area (Å²) in [5.41, 5.74) is -0.483. The van der Waals surface area contributed by atoms with Crippen molar-refractivity contribution < 1.29 is 42.1 Å². The summed E-state index contributed by atoms with van der Waals surface area (Å²) < 4.78 is 57.0. The van der Waals surface area contributed by atoms with Crippen molar-refractivity contribution in [3.63, 3.8) is 0 Å². The highest BCUT2D eigenvalue weighted by Crippen LogP contribution is 2.48. The topological polar surface area (TPSA) is 110 Å². The van der Waals surface area contributed by atoms with Crippen LogP contribution in [0.1, 0.15) is 40.6 Å². The first-order chi connectivity index (χ1) is 21.2. The molecule has 0 unspecified atom stereocenters. The van der Waals surface area contributed by atoms with Crippen molar-refractivity contribution in [3.8, 4) is 17.2 Å². The van der Waals surface area contributed by atoms with E-state index in [1.165, 1.54) is 24.1 Å². The number of anilines is 1. The highest BCUT2D eigenvalue weighted by atomic mass is 35.5. The number of aromatic nitrogens is 2. The molecule has 1 N–H and O–H groups in total. The van der Waals surface area contributed by atoms with E-state index in [1.54, 1.807) is 43.3 Å². The monoisotopic (exact) mass is 665 g/mol. The van der Waals surface area contributed by atoms with Crippen molar-refractivity contribution >= 4 is 37.2 Å². The predicted molar refractivity (Wildman–Crippen MR) is 168 cm³/mol. The van der Waals surface area contributed by atoms with Crippen LogP contribution in [-0.2, 0) is 14.2 Å². The molecule has 1 heterocycles. The maximum Gasteiger partial charge on any atom is 0.342 e. The number of halogens is 3. The van der Waals surface area contributed by atoms with Crippen molar-refractivity contribution in [2.75, 3.05) is 39.0 Å². The second-order valence-corrected chi connectivity index (χ2v) is 18.1. The van der Waals surface area contributed by atoms with Crippen LogP contribution in [0.4, 0.5) is 14.5 Å². The van der Waals surface area contributed by atoms with Gasteiger partial charge in [0, 0.05) is 50.5 Å². The molecule has 10 nitrogen and oxygen atoms in total. The maximum absolute atomic E-state index is 13.9. The number of nitrogens with zero attached hydrogens (tertiary/aromatic N) is 2. The molecule has 45 heavy (non-hydrogen) atoms.